The van der Waals surface area contributed by atoms with Crippen LogP contribution in [0.4, 0.5) is 0 Å². The van der Waals surface area contributed by atoms with Crippen molar-refractivity contribution in [3.05, 3.63) is 0 Å². The molecule has 2 saturated heterocycles. The van der Waals surface area contributed by atoms with Crippen molar-refractivity contribution in [1.82, 2.24) is 0 Å². The molecule has 0 bridgehead atoms. The van der Waals surface area contributed by atoms with Crippen LogP contribution in [-0.4, -0.2) is 58.8 Å². The molecule has 2 aliphatic heterocycles. The smallest absolute Gasteiger partial charge is 0.311 e. The van der Waals surface area contributed by atoms with Gasteiger partial charge in [-0.1, -0.05) is 6.92 Å². The maximum Gasteiger partial charge on any atom is 0.311 e. The molecule has 7 heteroatoms. The first kappa shape index (κ1) is 23.1. The SMILES string of the molecule is CC[C@@H](O)C[C@H]1CC[C@@H]([C@H](C)C(=O)O[C@@H](C)C[C@@H]2CC[C@H]([C@@H](C)C(=O)O)O2)O1. The first-order valence-corrected chi connectivity index (χ1v) is 10.6. The molecule has 0 spiro atoms. The van der Waals surface area contributed by atoms with E-state index in [-0.39, 0.29) is 48.5 Å². The molecule has 0 aromatic rings. The number of aliphatic hydroxyl groups excluding tert-OH is 1. The summed E-state index contributed by atoms with van der Waals surface area (Å²) in [7, 11) is 0. The van der Waals surface area contributed by atoms with E-state index in [2.05, 4.69) is 0 Å². The lowest BCUT2D eigenvalue weighted by molar-refractivity contribution is -0.159. The van der Waals surface area contributed by atoms with Crippen LogP contribution in [0.15, 0.2) is 0 Å². The maximum absolute atomic E-state index is 12.5. The van der Waals surface area contributed by atoms with Crippen LogP contribution in [0.5, 0.6) is 0 Å². The van der Waals surface area contributed by atoms with Crippen LogP contribution in [-0.2, 0) is 23.8 Å². The molecule has 0 unspecified atom stereocenters. The highest BCUT2D eigenvalue weighted by Crippen LogP contribution is 2.31. The molecule has 7 nitrogen and oxygen atoms in total. The van der Waals surface area contributed by atoms with Crippen molar-refractivity contribution in [2.45, 2.75) is 109 Å². The van der Waals surface area contributed by atoms with Gasteiger partial charge in [-0.05, 0) is 59.3 Å². The van der Waals surface area contributed by atoms with Crippen molar-refractivity contribution in [1.29, 1.82) is 0 Å². The Kier molecular flexibility index (Phi) is 8.71. The molecule has 0 radical (unpaired) electrons. The highest BCUT2D eigenvalue weighted by Gasteiger charge is 2.36. The lowest BCUT2D eigenvalue weighted by atomic mass is 10.0. The molecule has 0 amide bonds. The van der Waals surface area contributed by atoms with Crippen LogP contribution in [0.25, 0.3) is 0 Å². The first-order valence-electron chi connectivity index (χ1n) is 10.6. The number of carboxylic acids is 1. The zero-order chi connectivity index (χ0) is 20.8. The standard InChI is InChI=1S/C21H36O7/c1-5-15(22)11-17-7-9-19(28-17)14(4)21(25)26-12(2)10-16-6-8-18(27-16)13(3)20(23)24/h12-19,22H,5-11H2,1-4H3,(H,23,24)/t12-,13+,14-,15+,16-,17+,18+,19-/m0/s1. The molecular weight excluding hydrogens is 364 g/mol. The molecule has 2 N–H and O–H groups in total. The van der Waals surface area contributed by atoms with Gasteiger partial charge in [-0.25, -0.2) is 0 Å². The normalized spacial score (nSPS) is 31.9. The Balaban J connectivity index is 1.73. The number of carboxylic acid groups (broad SMARTS) is 1. The lowest BCUT2D eigenvalue weighted by Crippen LogP contribution is -2.32. The molecule has 0 aliphatic carbocycles. The fourth-order valence-corrected chi connectivity index (χ4v) is 4.05. The van der Waals surface area contributed by atoms with E-state index < -0.39 is 11.9 Å². The summed E-state index contributed by atoms with van der Waals surface area (Å²) in [5, 5.41) is 18.9. The monoisotopic (exact) mass is 400 g/mol. The maximum atomic E-state index is 12.5. The minimum Gasteiger partial charge on any atom is -0.481 e. The molecule has 2 rings (SSSR count). The second kappa shape index (κ2) is 10.6. The topological polar surface area (TPSA) is 102 Å². The minimum atomic E-state index is -0.847. The van der Waals surface area contributed by atoms with Crippen LogP contribution in [0.2, 0.25) is 0 Å². The minimum absolute atomic E-state index is 0.00710. The van der Waals surface area contributed by atoms with Crippen molar-refractivity contribution in [2.75, 3.05) is 0 Å². The summed E-state index contributed by atoms with van der Waals surface area (Å²) in [5.41, 5.74) is 0. The van der Waals surface area contributed by atoms with Gasteiger partial charge in [-0.3, -0.25) is 9.59 Å². The van der Waals surface area contributed by atoms with E-state index in [9.17, 15) is 14.7 Å². The van der Waals surface area contributed by atoms with Crippen molar-refractivity contribution >= 4 is 11.9 Å². The summed E-state index contributed by atoms with van der Waals surface area (Å²) in [5.74, 6) is -2.00. The Bertz CT molecular complexity index is 523. The van der Waals surface area contributed by atoms with E-state index in [0.29, 0.717) is 19.3 Å². The van der Waals surface area contributed by atoms with E-state index in [4.69, 9.17) is 19.3 Å². The molecule has 2 aliphatic rings. The molecule has 162 valence electrons. The number of carbonyl (C=O) groups excluding carboxylic acids is 1. The number of aliphatic hydroxyl groups is 1. The highest BCUT2D eigenvalue weighted by molar-refractivity contribution is 5.73. The van der Waals surface area contributed by atoms with Gasteiger partial charge < -0.3 is 24.4 Å². The highest BCUT2D eigenvalue weighted by atomic mass is 16.6. The van der Waals surface area contributed by atoms with Crippen molar-refractivity contribution in [2.24, 2.45) is 11.8 Å². The second-order valence-electron chi connectivity index (χ2n) is 8.44. The third-order valence-corrected chi connectivity index (χ3v) is 6.08. The van der Waals surface area contributed by atoms with Gasteiger partial charge in [0.05, 0.1) is 42.4 Å². The number of aliphatic carboxylic acids is 1. The summed E-state index contributed by atoms with van der Waals surface area (Å²) in [6.45, 7) is 7.28. The predicted octanol–water partition coefficient (Wildman–Crippen LogP) is 2.92. The Morgan fingerprint density at radius 3 is 2.04 bits per heavy atom. The molecule has 0 aromatic heterocycles. The fraction of sp³-hybridized carbons (Fsp3) is 0.905. The van der Waals surface area contributed by atoms with Gasteiger partial charge in [-0.2, -0.15) is 0 Å². The Hall–Kier alpha value is -1.18. The van der Waals surface area contributed by atoms with Gasteiger partial charge in [0.15, 0.2) is 0 Å². The van der Waals surface area contributed by atoms with Crippen molar-refractivity contribution in [3.8, 4) is 0 Å². The number of rotatable bonds is 10. The van der Waals surface area contributed by atoms with Gasteiger partial charge in [0.1, 0.15) is 6.10 Å². The average molecular weight is 401 g/mol. The predicted molar refractivity (Wildman–Crippen MR) is 103 cm³/mol. The number of esters is 1. The number of ether oxygens (including phenoxy) is 3. The molecule has 0 saturated carbocycles. The third kappa shape index (κ3) is 6.42. The number of carbonyl (C=O) groups is 2. The van der Waals surface area contributed by atoms with Gasteiger partial charge in [-0.15, -0.1) is 0 Å². The first-order chi connectivity index (χ1) is 13.2. The molecule has 2 heterocycles. The second-order valence-corrected chi connectivity index (χ2v) is 8.44. The third-order valence-electron chi connectivity index (χ3n) is 6.08. The van der Waals surface area contributed by atoms with E-state index in [1.165, 1.54) is 0 Å². The van der Waals surface area contributed by atoms with Crippen LogP contribution in [0.3, 0.4) is 0 Å². The largest absolute Gasteiger partial charge is 0.481 e. The number of hydrogen-bond acceptors (Lipinski definition) is 6. The zero-order valence-electron chi connectivity index (χ0n) is 17.5. The van der Waals surface area contributed by atoms with Crippen LogP contribution in [0.1, 0.15) is 72.6 Å². The van der Waals surface area contributed by atoms with E-state index in [1.54, 1.807) is 6.92 Å². The van der Waals surface area contributed by atoms with Gasteiger partial charge in [0.25, 0.3) is 0 Å². The Morgan fingerprint density at radius 1 is 0.964 bits per heavy atom. The van der Waals surface area contributed by atoms with Crippen LogP contribution < -0.4 is 0 Å². The Morgan fingerprint density at radius 2 is 1.50 bits per heavy atom. The van der Waals surface area contributed by atoms with Crippen molar-refractivity contribution < 1.29 is 34.0 Å². The summed E-state index contributed by atoms with van der Waals surface area (Å²) in [4.78, 5) is 23.6. The Labute approximate surface area is 167 Å². The van der Waals surface area contributed by atoms with Gasteiger partial charge in [0, 0.05) is 6.42 Å². The summed E-state index contributed by atoms with van der Waals surface area (Å²) >= 11 is 0. The average Bonchev–Trinajstić information content (AvgIpc) is 3.29. The molecular formula is C21H36O7. The van der Waals surface area contributed by atoms with E-state index in [1.807, 2.05) is 20.8 Å². The van der Waals surface area contributed by atoms with E-state index >= 15 is 0 Å². The van der Waals surface area contributed by atoms with E-state index in [0.717, 1.165) is 25.7 Å². The summed E-state index contributed by atoms with van der Waals surface area (Å²) in [6.07, 6.45) is 3.88. The van der Waals surface area contributed by atoms with Crippen molar-refractivity contribution in [3.63, 3.8) is 0 Å². The molecule has 2 fully saturated rings. The summed E-state index contributed by atoms with van der Waals surface area (Å²) in [6, 6.07) is 0. The molecule has 0 aromatic carbocycles. The quantitative estimate of drug-likeness (QED) is 0.544. The zero-order valence-corrected chi connectivity index (χ0v) is 17.5. The molecule has 28 heavy (non-hydrogen) atoms. The van der Waals surface area contributed by atoms with Crippen LogP contribution >= 0.6 is 0 Å². The van der Waals surface area contributed by atoms with Crippen LogP contribution in [0, 0.1) is 11.8 Å². The molecule has 8 atom stereocenters. The lowest BCUT2D eigenvalue weighted by Gasteiger charge is -2.23. The fourth-order valence-electron chi connectivity index (χ4n) is 4.05. The summed E-state index contributed by atoms with van der Waals surface area (Å²) < 4.78 is 17.4. The number of hydrogen-bond donors (Lipinski definition) is 2. The van der Waals surface area contributed by atoms with Gasteiger partial charge in [0.2, 0.25) is 0 Å². The van der Waals surface area contributed by atoms with Gasteiger partial charge >= 0.3 is 11.9 Å².